The zero-order valence-electron chi connectivity index (χ0n) is 10.7. The number of nitriles is 2. The highest BCUT2D eigenvalue weighted by molar-refractivity contribution is 6.04. The first-order chi connectivity index (χ1) is 8.90. The van der Waals surface area contributed by atoms with E-state index in [-0.39, 0.29) is 12.8 Å². The van der Waals surface area contributed by atoms with Crippen LogP contribution in [0.2, 0.25) is 0 Å². The van der Waals surface area contributed by atoms with Crippen molar-refractivity contribution in [3.05, 3.63) is 0 Å². The fourth-order valence-electron chi connectivity index (χ4n) is 1.98. The Bertz CT molecular complexity index is 494. The summed E-state index contributed by atoms with van der Waals surface area (Å²) >= 11 is 0. The molecule has 100 valence electrons. The van der Waals surface area contributed by atoms with Crippen molar-refractivity contribution >= 4 is 11.8 Å². The maximum absolute atomic E-state index is 12.3. The molecule has 1 aliphatic heterocycles. The SMILES string of the molecule is CC(CC#N)C(C(=O)O)C(=O)C1(C(C)CC#N)N=N1. The molecule has 0 saturated carbocycles. The molecule has 0 amide bonds. The van der Waals surface area contributed by atoms with Gasteiger partial charge in [0.1, 0.15) is 5.92 Å². The van der Waals surface area contributed by atoms with Gasteiger partial charge in [0, 0.05) is 18.8 Å². The second-order valence-corrected chi connectivity index (χ2v) is 4.71. The number of carbonyl (C=O) groups is 2. The molecule has 0 bridgehead atoms. The van der Waals surface area contributed by atoms with Crippen LogP contribution in [0.1, 0.15) is 26.7 Å². The average molecular weight is 262 g/mol. The van der Waals surface area contributed by atoms with E-state index in [4.69, 9.17) is 15.6 Å². The van der Waals surface area contributed by atoms with Gasteiger partial charge in [-0.05, 0) is 5.92 Å². The largest absolute Gasteiger partial charge is 0.481 e. The molecule has 0 fully saturated rings. The fraction of sp³-hybridized carbons (Fsp3) is 0.667. The van der Waals surface area contributed by atoms with E-state index in [9.17, 15) is 9.59 Å². The van der Waals surface area contributed by atoms with E-state index in [1.54, 1.807) is 6.92 Å². The Kier molecular flexibility index (Phi) is 4.34. The summed E-state index contributed by atoms with van der Waals surface area (Å²) in [6.45, 7) is 3.17. The molecule has 1 rings (SSSR count). The monoisotopic (exact) mass is 262 g/mol. The summed E-state index contributed by atoms with van der Waals surface area (Å²) in [4.78, 5) is 23.5. The lowest BCUT2D eigenvalue weighted by molar-refractivity contribution is -0.149. The minimum Gasteiger partial charge on any atom is -0.481 e. The van der Waals surface area contributed by atoms with Gasteiger partial charge in [0.25, 0.3) is 5.66 Å². The average Bonchev–Trinajstić information content (AvgIpc) is 3.10. The minimum atomic E-state index is -1.40. The van der Waals surface area contributed by atoms with Crippen molar-refractivity contribution in [1.82, 2.24) is 0 Å². The first-order valence-electron chi connectivity index (χ1n) is 5.85. The molecule has 0 spiro atoms. The first-order valence-corrected chi connectivity index (χ1v) is 5.85. The van der Waals surface area contributed by atoms with Gasteiger partial charge >= 0.3 is 5.97 Å². The standard InChI is InChI=1S/C12H14N4O3/c1-7(3-5-13)9(11(18)19)10(17)12(15-16-12)8(2)4-6-14/h7-9H,3-4H2,1-2H3,(H,18,19). The van der Waals surface area contributed by atoms with E-state index >= 15 is 0 Å². The van der Waals surface area contributed by atoms with Gasteiger partial charge < -0.3 is 5.11 Å². The molecule has 0 aliphatic carbocycles. The summed E-state index contributed by atoms with van der Waals surface area (Å²) < 4.78 is 0. The van der Waals surface area contributed by atoms with Crippen molar-refractivity contribution in [2.75, 3.05) is 0 Å². The third kappa shape index (κ3) is 2.76. The number of carbonyl (C=O) groups excluding carboxylic acids is 1. The van der Waals surface area contributed by atoms with Crippen LogP contribution in [0, 0.1) is 40.4 Å². The first kappa shape index (κ1) is 14.8. The zero-order chi connectivity index (χ0) is 14.6. The number of aliphatic carboxylic acids is 1. The van der Waals surface area contributed by atoms with Gasteiger partial charge in [-0.1, -0.05) is 13.8 Å². The van der Waals surface area contributed by atoms with Crippen molar-refractivity contribution in [3.8, 4) is 12.1 Å². The molecular weight excluding hydrogens is 248 g/mol. The van der Waals surface area contributed by atoms with Crippen LogP contribution in [0.4, 0.5) is 0 Å². The minimum absolute atomic E-state index is 0.0363. The van der Waals surface area contributed by atoms with Crippen LogP contribution in [-0.4, -0.2) is 22.5 Å². The molecule has 1 aliphatic rings. The lowest BCUT2D eigenvalue weighted by Gasteiger charge is -2.22. The van der Waals surface area contributed by atoms with Crippen molar-refractivity contribution in [1.29, 1.82) is 10.5 Å². The normalized spacial score (nSPS) is 19.6. The Balaban J connectivity index is 2.93. The molecule has 3 atom stereocenters. The zero-order valence-corrected chi connectivity index (χ0v) is 10.7. The van der Waals surface area contributed by atoms with E-state index in [0.29, 0.717) is 0 Å². The Labute approximate surface area is 110 Å². The number of carboxylic acid groups (broad SMARTS) is 1. The number of carboxylic acids is 1. The second-order valence-electron chi connectivity index (χ2n) is 4.71. The predicted molar refractivity (Wildman–Crippen MR) is 62.5 cm³/mol. The van der Waals surface area contributed by atoms with E-state index in [0.717, 1.165) is 0 Å². The van der Waals surface area contributed by atoms with Gasteiger partial charge in [0.05, 0.1) is 12.1 Å². The number of hydrogen-bond acceptors (Lipinski definition) is 6. The molecule has 1 N–H and O–H groups in total. The smallest absolute Gasteiger partial charge is 0.314 e. The molecular formula is C12H14N4O3. The Morgan fingerprint density at radius 2 is 1.74 bits per heavy atom. The quantitative estimate of drug-likeness (QED) is 0.696. The highest BCUT2D eigenvalue weighted by atomic mass is 16.4. The lowest BCUT2D eigenvalue weighted by Crippen LogP contribution is -2.42. The van der Waals surface area contributed by atoms with Crippen LogP contribution in [0.5, 0.6) is 0 Å². The maximum Gasteiger partial charge on any atom is 0.314 e. The molecule has 3 unspecified atom stereocenters. The van der Waals surface area contributed by atoms with E-state index in [1.165, 1.54) is 6.92 Å². The van der Waals surface area contributed by atoms with E-state index in [1.807, 2.05) is 12.1 Å². The Hall–Kier alpha value is -2.28. The Morgan fingerprint density at radius 3 is 2.11 bits per heavy atom. The van der Waals surface area contributed by atoms with Crippen molar-refractivity contribution < 1.29 is 14.7 Å². The van der Waals surface area contributed by atoms with Gasteiger partial charge in [-0.2, -0.15) is 10.5 Å². The van der Waals surface area contributed by atoms with E-state index in [2.05, 4.69) is 10.2 Å². The van der Waals surface area contributed by atoms with Gasteiger partial charge in [0.2, 0.25) is 5.78 Å². The molecule has 0 aromatic carbocycles. The molecule has 0 aromatic heterocycles. The number of Topliss-reactive ketones (excluding diaryl/α,β-unsaturated/α-hetero) is 1. The Morgan fingerprint density at radius 1 is 1.21 bits per heavy atom. The predicted octanol–water partition coefficient (Wildman–Crippen LogP) is 1.52. The van der Waals surface area contributed by atoms with Crippen LogP contribution >= 0.6 is 0 Å². The molecule has 1 heterocycles. The van der Waals surface area contributed by atoms with Crippen LogP contribution in [0.25, 0.3) is 0 Å². The summed E-state index contributed by atoms with van der Waals surface area (Å²) in [5, 5.41) is 33.8. The summed E-state index contributed by atoms with van der Waals surface area (Å²) in [7, 11) is 0. The molecule has 19 heavy (non-hydrogen) atoms. The van der Waals surface area contributed by atoms with Crippen LogP contribution in [-0.2, 0) is 9.59 Å². The highest BCUT2D eigenvalue weighted by Gasteiger charge is 2.57. The van der Waals surface area contributed by atoms with Gasteiger partial charge in [-0.25, -0.2) is 0 Å². The van der Waals surface area contributed by atoms with Gasteiger partial charge in [-0.15, -0.1) is 10.2 Å². The molecule has 0 radical (unpaired) electrons. The number of ketones is 1. The van der Waals surface area contributed by atoms with Crippen LogP contribution in [0.3, 0.4) is 0 Å². The third-order valence-corrected chi connectivity index (χ3v) is 3.29. The van der Waals surface area contributed by atoms with Gasteiger partial charge in [0.15, 0.2) is 0 Å². The lowest BCUT2D eigenvalue weighted by atomic mass is 9.79. The van der Waals surface area contributed by atoms with Crippen LogP contribution < -0.4 is 0 Å². The van der Waals surface area contributed by atoms with Gasteiger partial charge in [-0.3, -0.25) is 9.59 Å². The summed E-state index contributed by atoms with van der Waals surface area (Å²) in [6.07, 6.45) is 0.0309. The maximum atomic E-state index is 12.3. The summed E-state index contributed by atoms with van der Waals surface area (Å²) in [6, 6.07) is 3.77. The number of hydrogen-bond donors (Lipinski definition) is 1. The molecule has 0 aromatic rings. The van der Waals surface area contributed by atoms with E-state index < -0.39 is 35.2 Å². The molecule has 7 heteroatoms. The molecule has 0 saturated heterocycles. The van der Waals surface area contributed by atoms with Crippen molar-refractivity contribution in [2.24, 2.45) is 28.0 Å². The van der Waals surface area contributed by atoms with Crippen molar-refractivity contribution in [2.45, 2.75) is 32.4 Å². The second kappa shape index (κ2) is 5.57. The number of nitrogens with zero attached hydrogens (tertiary/aromatic N) is 4. The summed E-state index contributed by atoms with van der Waals surface area (Å²) in [5.74, 6) is -4.32. The summed E-state index contributed by atoms with van der Waals surface area (Å²) in [5.41, 5.74) is -1.40. The number of rotatable bonds is 7. The molecule has 7 nitrogen and oxygen atoms in total. The van der Waals surface area contributed by atoms with Crippen molar-refractivity contribution in [3.63, 3.8) is 0 Å². The van der Waals surface area contributed by atoms with Crippen LogP contribution in [0.15, 0.2) is 10.2 Å². The fourth-order valence-corrected chi connectivity index (χ4v) is 1.98. The third-order valence-electron chi connectivity index (χ3n) is 3.29. The topological polar surface area (TPSA) is 127 Å². The highest BCUT2D eigenvalue weighted by Crippen LogP contribution is 2.42.